The first-order valence-corrected chi connectivity index (χ1v) is 11.5. The summed E-state index contributed by atoms with van der Waals surface area (Å²) in [7, 11) is -3.51. The Balaban J connectivity index is 1.37. The summed E-state index contributed by atoms with van der Waals surface area (Å²) in [5.41, 5.74) is 0. The Labute approximate surface area is 163 Å². The van der Waals surface area contributed by atoms with Crippen LogP contribution in [0.1, 0.15) is 12.8 Å². The molecule has 0 radical (unpaired) electrons. The van der Waals surface area contributed by atoms with Gasteiger partial charge in [-0.15, -0.1) is 11.8 Å². The first kappa shape index (κ1) is 18.6. The number of pyridine rings is 1. The minimum absolute atomic E-state index is 0.271. The second kappa shape index (κ2) is 8.08. The van der Waals surface area contributed by atoms with E-state index in [1.807, 2.05) is 18.2 Å². The highest BCUT2D eigenvalue weighted by Crippen LogP contribution is 2.34. The van der Waals surface area contributed by atoms with E-state index in [1.165, 1.54) is 0 Å². The summed E-state index contributed by atoms with van der Waals surface area (Å²) in [5, 5.41) is 1.02. The van der Waals surface area contributed by atoms with E-state index >= 15 is 0 Å². The Morgan fingerprint density at radius 2 is 1.85 bits per heavy atom. The van der Waals surface area contributed by atoms with Gasteiger partial charge < -0.3 is 9.47 Å². The Hall–Kier alpha value is -1.77. The molecule has 0 N–H and O–H groups in total. The SMILES string of the molecule is O=S(=O)(c1ccc2c(c1)OCCO2)N1CCC(CSc2ccccn2)CC1. The predicted molar refractivity (Wildman–Crippen MR) is 104 cm³/mol. The summed E-state index contributed by atoms with van der Waals surface area (Å²) >= 11 is 1.74. The third-order valence-corrected chi connectivity index (χ3v) is 7.90. The number of hydrogen-bond donors (Lipinski definition) is 0. The summed E-state index contributed by atoms with van der Waals surface area (Å²) in [5.74, 6) is 2.58. The van der Waals surface area contributed by atoms with Gasteiger partial charge >= 0.3 is 0 Å². The average molecular weight is 407 g/mol. The normalized spacial score (nSPS) is 18.4. The van der Waals surface area contributed by atoms with Crippen LogP contribution in [0.25, 0.3) is 0 Å². The maximum Gasteiger partial charge on any atom is 0.243 e. The smallest absolute Gasteiger partial charge is 0.243 e. The van der Waals surface area contributed by atoms with Gasteiger partial charge in [0.1, 0.15) is 13.2 Å². The number of nitrogens with zero attached hydrogens (tertiary/aromatic N) is 2. The van der Waals surface area contributed by atoms with Gasteiger partial charge in [0.25, 0.3) is 0 Å². The molecular formula is C19H22N2O4S2. The molecule has 27 heavy (non-hydrogen) atoms. The van der Waals surface area contributed by atoms with Gasteiger partial charge in [-0.25, -0.2) is 13.4 Å². The van der Waals surface area contributed by atoms with Crippen LogP contribution in [0, 0.1) is 5.92 Å². The van der Waals surface area contributed by atoms with Gasteiger partial charge in [-0.05, 0) is 43.0 Å². The summed E-state index contributed by atoms with van der Waals surface area (Å²) in [6, 6.07) is 10.8. The van der Waals surface area contributed by atoms with Crippen LogP contribution in [0.2, 0.25) is 0 Å². The van der Waals surface area contributed by atoms with Crippen molar-refractivity contribution in [2.75, 3.05) is 32.1 Å². The highest BCUT2D eigenvalue weighted by molar-refractivity contribution is 7.99. The number of aromatic nitrogens is 1. The molecule has 0 atom stereocenters. The Morgan fingerprint density at radius 3 is 2.59 bits per heavy atom. The maximum absolute atomic E-state index is 13.0. The molecule has 0 amide bonds. The van der Waals surface area contributed by atoms with Gasteiger partial charge in [0.05, 0.1) is 9.92 Å². The van der Waals surface area contributed by atoms with Crippen LogP contribution in [-0.2, 0) is 10.0 Å². The number of piperidine rings is 1. The van der Waals surface area contributed by atoms with E-state index in [0.29, 0.717) is 43.7 Å². The molecule has 1 aromatic heterocycles. The van der Waals surface area contributed by atoms with Crippen molar-refractivity contribution in [2.45, 2.75) is 22.8 Å². The third-order valence-electron chi connectivity index (χ3n) is 4.83. The van der Waals surface area contributed by atoms with E-state index < -0.39 is 10.0 Å². The van der Waals surface area contributed by atoms with Gasteiger partial charge in [0, 0.05) is 31.1 Å². The van der Waals surface area contributed by atoms with Gasteiger partial charge in [-0.3, -0.25) is 0 Å². The van der Waals surface area contributed by atoms with Crippen LogP contribution in [0.5, 0.6) is 11.5 Å². The summed E-state index contributed by atoms with van der Waals surface area (Å²) < 4.78 is 38.5. The van der Waals surface area contributed by atoms with Crippen LogP contribution in [0.4, 0.5) is 0 Å². The summed E-state index contributed by atoms with van der Waals surface area (Å²) in [6.07, 6.45) is 3.53. The lowest BCUT2D eigenvalue weighted by atomic mass is 10.0. The molecule has 4 rings (SSSR count). The molecule has 1 fully saturated rings. The maximum atomic E-state index is 13.0. The fraction of sp³-hybridized carbons (Fsp3) is 0.421. The number of benzene rings is 1. The molecule has 2 aliphatic rings. The van der Waals surface area contributed by atoms with Crippen molar-refractivity contribution in [3.05, 3.63) is 42.6 Å². The molecule has 3 heterocycles. The molecule has 0 aliphatic carbocycles. The molecular weight excluding hydrogens is 384 g/mol. The fourth-order valence-electron chi connectivity index (χ4n) is 3.29. The highest BCUT2D eigenvalue weighted by atomic mass is 32.2. The second-order valence-electron chi connectivity index (χ2n) is 6.63. The molecule has 0 saturated carbocycles. The lowest BCUT2D eigenvalue weighted by molar-refractivity contribution is 0.171. The van der Waals surface area contributed by atoms with Gasteiger partial charge in [-0.2, -0.15) is 4.31 Å². The molecule has 0 spiro atoms. The van der Waals surface area contributed by atoms with Crippen LogP contribution in [0.3, 0.4) is 0 Å². The first-order valence-electron chi connectivity index (χ1n) is 9.06. The zero-order chi connectivity index (χ0) is 18.7. The lowest BCUT2D eigenvalue weighted by Gasteiger charge is -2.31. The monoisotopic (exact) mass is 406 g/mol. The van der Waals surface area contributed by atoms with Crippen LogP contribution in [0.15, 0.2) is 52.5 Å². The zero-order valence-electron chi connectivity index (χ0n) is 14.9. The molecule has 144 valence electrons. The minimum atomic E-state index is -3.51. The van der Waals surface area contributed by atoms with Gasteiger partial charge in [0.15, 0.2) is 11.5 Å². The van der Waals surface area contributed by atoms with Crippen molar-refractivity contribution in [1.82, 2.24) is 9.29 Å². The van der Waals surface area contributed by atoms with Crippen molar-refractivity contribution < 1.29 is 17.9 Å². The summed E-state index contributed by atoms with van der Waals surface area (Å²) in [4.78, 5) is 4.60. The van der Waals surface area contributed by atoms with Crippen molar-refractivity contribution in [2.24, 2.45) is 5.92 Å². The largest absolute Gasteiger partial charge is 0.486 e. The number of hydrogen-bond acceptors (Lipinski definition) is 6. The van der Waals surface area contributed by atoms with E-state index in [0.717, 1.165) is 23.6 Å². The standard InChI is InChI=1S/C19H22N2O4S2/c22-27(23,16-4-5-17-18(13-16)25-12-11-24-17)21-9-6-15(7-10-21)14-26-19-3-1-2-8-20-19/h1-5,8,13,15H,6-7,9-12,14H2. The molecule has 0 bridgehead atoms. The van der Waals surface area contributed by atoms with Crippen molar-refractivity contribution >= 4 is 21.8 Å². The Bertz CT molecular complexity index is 882. The van der Waals surface area contributed by atoms with Crippen LogP contribution in [-0.4, -0.2) is 49.8 Å². The first-order chi connectivity index (χ1) is 13.1. The van der Waals surface area contributed by atoms with E-state index in [1.54, 1.807) is 40.5 Å². The molecule has 6 nitrogen and oxygen atoms in total. The molecule has 0 unspecified atom stereocenters. The highest BCUT2D eigenvalue weighted by Gasteiger charge is 2.30. The average Bonchev–Trinajstić information content (AvgIpc) is 2.73. The zero-order valence-corrected chi connectivity index (χ0v) is 16.5. The number of ether oxygens (including phenoxy) is 2. The predicted octanol–water partition coefficient (Wildman–Crippen LogP) is 3.05. The van der Waals surface area contributed by atoms with E-state index in [2.05, 4.69) is 4.98 Å². The molecule has 2 aliphatic heterocycles. The van der Waals surface area contributed by atoms with Gasteiger partial charge in [0.2, 0.25) is 10.0 Å². The number of fused-ring (bicyclic) bond motifs is 1. The number of rotatable bonds is 5. The van der Waals surface area contributed by atoms with E-state index in [-0.39, 0.29) is 4.90 Å². The third kappa shape index (κ3) is 4.23. The van der Waals surface area contributed by atoms with Gasteiger partial charge in [-0.1, -0.05) is 6.07 Å². The summed E-state index contributed by atoms with van der Waals surface area (Å²) in [6.45, 7) is 2.02. The van der Waals surface area contributed by atoms with E-state index in [4.69, 9.17) is 9.47 Å². The van der Waals surface area contributed by atoms with Crippen LogP contribution >= 0.6 is 11.8 Å². The Morgan fingerprint density at radius 1 is 1.07 bits per heavy atom. The molecule has 8 heteroatoms. The number of thioether (sulfide) groups is 1. The molecule has 1 saturated heterocycles. The topological polar surface area (TPSA) is 68.7 Å². The van der Waals surface area contributed by atoms with Crippen molar-refractivity contribution in [1.29, 1.82) is 0 Å². The van der Waals surface area contributed by atoms with Crippen LogP contribution < -0.4 is 9.47 Å². The lowest BCUT2D eigenvalue weighted by Crippen LogP contribution is -2.39. The Kier molecular flexibility index (Phi) is 5.56. The fourth-order valence-corrected chi connectivity index (χ4v) is 5.82. The van der Waals surface area contributed by atoms with E-state index in [9.17, 15) is 8.42 Å². The van der Waals surface area contributed by atoms with Crippen molar-refractivity contribution in [3.8, 4) is 11.5 Å². The quantitative estimate of drug-likeness (QED) is 0.711. The van der Waals surface area contributed by atoms with Crippen molar-refractivity contribution in [3.63, 3.8) is 0 Å². The minimum Gasteiger partial charge on any atom is -0.486 e. The second-order valence-corrected chi connectivity index (χ2v) is 9.61. The molecule has 1 aromatic carbocycles. The molecule has 2 aromatic rings. The number of sulfonamides is 1.